The van der Waals surface area contributed by atoms with Gasteiger partial charge in [-0.2, -0.15) is 0 Å². The minimum Gasteiger partial charge on any atom is -0.495 e. The third-order valence-corrected chi connectivity index (χ3v) is 3.44. The molecule has 1 fully saturated rings. The topological polar surface area (TPSA) is 67.8 Å². The van der Waals surface area contributed by atoms with Gasteiger partial charge in [0.1, 0.15) is 11.3 Å². The molecule has 1 aliphatic rings. The van der Waals surface area contributed by atoms with E-state index in [4.69, 9.17) is 9.47 Å². The summed E-state index contributed by atoms with van der Waals surface area (Å²) in [6.07, 6.45) is 0.950. The Labute approximate surface area is 112 Å². The summed E-state index contributed by atoms with van der Waals surface area (Å²) in [5, 5.41) is 12.5. The highest BCUT2D eigenvalue weighted by Crippen LogP contribution is 2.39. The van der Waals surface area contributed by atoms with Crippen molar-refractivity contribution in [2.24, 2.45) is 0 Å². The fraction of sp³-hybridized carbons (Fsp3) is 0.500. The molecule has 1 aliphatic carbocycles. The van der Waals surface area contributed by atoms with E-state index in [2.05, 4.69) is 5.32 Å². The van der Waals surface area contributed by atoms with Crippen LogP contribution in [0.1, 0.15) is 19.8 Å². The lowest BCUT2D eigenvalue weighted by Gasteiger charge is -2.45. The van der Waals surface area contributed by atoms with Crippen LogP contribution in [0.2, 0.25) is 0 Å². The first-order valence-corrected chi connectivity index (χ1v) is 6.37. The summed E-state index contributed by atoms with van der Waals surface area (Å²) in [6, 6.07) is 7.31. The highest BCUT2D eigenvalue weighted by Gasteiger charge is 2.51. The zero-order valence-corrected chi connectivity index (χ0v) is 11.2. The molecule has 1 aromatic carbocycles. The van der Waals surface area contributed by atoms with Crippen molar-refractivity contribution in [3.8, 4) is 5.75 Å². The molecule has 0 unspecified atom stereocenters. The fourth-order valence-corrected chi connectivity index (χ4v) is 2.41. The lowest BCUT2D eigenvalue weighted by Crippen LogP contribution is -2.59. The average Bonchev–Trinajstić information content (AvgIpc) is 2.36. The molecule has 0 radical (unpaired) electrons. The maximum Gasteiger partial charge on any atom is 0.329 e. The lowest BCUT2D eigenvalue weighted by molar-refractivity contribution is -0.152. The van der Waals surface area contributed by atoms with E-state index in [0.717, 1.165) is 0 Å². The van der Waals surface area contributed by atoms with Crippen LogP contribution in [-0.2, 0) is 9.53 Å². The van der Waals surface area contributed by atoms with Gasteiger partial charge in [0, 0.05) is 19.4 Å². The minimum absolute atomic E-state index is 0.0170. The second-order valence-corrected chi connectivity index (χ2v) is 4.70. The molecule has 2 N–H and O–H groups in total. The van der Waals surface area contributed by atoms with E-state index in [1.165, 1.54) is 0 Å². The highest BCUT2D eigenvalue weighted by atomic mass is 16.5. The van der Waals surface area contributed by atoms with E-state index in [1.807, 2.05) is 25.1 Å². The normalized spacial score (nSPS) is 25.5. The first-order chi connectivity index (χ1) is 9.11. The second kappa shape index (κ2) is 5.48. The Morgan fingerprint density at radius 3 is 2.74 bits per heavy atom. The summed E-state index contributed by atoms with van der Waals surface area (Å²) in [5.41, 5.74) is -0.253. The molecular formula is C14H19NO4. The molecule has 0 bridgehead atoms. The van der Waals surface area contributed by atoms with E-state index in [9.17, 15) is 9.90 Å². The first-order valence-electron chi connectivity index (χ1n) is 6.37. The quantitative estimate of drug-likeness (QED) is 0.824. The first kappa shape index (κ1) is 13.7. The standard InChI is InChI=1S/C14H19NO4/c1-3-19-10-8-14(9-10,13(16)17)15-11-6-4-5-7-12(11)18-2/h4-7,10,15H,3,8-9H2,1-2H3,(H,16,17). The molecule has 0 spiro atoms. The zero-order chi connectivity index (χ0) is 13.9. The molecule has 19 heavy (non-hydrogen) atoms. The molecule has 1 saturated carbocycles. The molecule has 0 heterocycles. The van der Waals surface area contributed by atoms with Gasteiger partial charge in [0.05, 0.1) is 18.9 Å². The number of para-hydroxylation sites is 2. The number of aliphatic carboxylic acids is 1. The van der Waals surface area contributed by atoms with E-state index in [1.54, 1.807) is 13.2 Å². The van der Waals surface area contributed by atoms with Gasteiger partial charge < -0.3 is 19.9 Å². The molecule has 0 atom stereocenters. The van der Waals surface area contributed by atoms with Crippen LogP contribution < -0.4 is 10.1 Å². The van der Waals surface area contributed by atoms with Gasteiger partial charge in [-0.25, -0.2) is 4.79 Å². The third-order valence-electron chi connectivity index (χ3n) is 3.44. The van der Waals surface area contributed by atoms with Crippen LogP contribution in [-0.4, -0.2) is 36.4 Å². The minimum atomic E-state index is -0.950. The Bertz CT molecular complexity index is 455. The van der Waals surface area contributed by atoms with Crippen molar-refractivity contribution in [3.05, 3.63) is 24.3 Å². The third kappa shape index (κ3) is 2.66. The van der Waals surface area contributed by atoms with E-state index < -0.39 is 11.5 Å². The van der Waals surface area contributed by atoms with Crippen LogP contribution in [0.25, 0.3) is 0 Å². The van der Waals surface area contributed by atoms with E-state index >= 15 is 0 Å². The number of methoxy groups -OCH3 is 1. The predicted molar refractivity (Wildman–Crippen MR) is 71.6 cm³/mol. The van der Waals surface area contributed by atoms with Gasteiger partial charge in [0.2, 0.25) is 0 Å². The molecule has 5 nitrogen and oxygen atoms in total. The van der Waals surface area contributed by atoms with Crippen molar-refractivity contribution >= 4 is 11.7 Å². The number of hydrogen-bond donors (Lipinski definition) is 2. The number of carbonyl (C=O) groups is 1. The second-order valence-electron chi connectivity index (χ2n) is 4.70. The zero-order valence-electron chi connectivity index (χ0n) is 11.2. The maximum atomic E-state index is 11.5. The number of rotatable bonds is 6. The molecule has 5 heteroatoms. The predicted octanol–water partition coefficient (Wildman–Crippen LogP) is 2.13. The summed E-state index contributed by atoms with van der Waals surface area (Å²) in [4.78, 5) is 11.5. The average molecular weight is 265 g/mol. The van der Waals surface area contributed by atoms with E-state index in [0.29, 0.717) is 30.9 Å². The Hall–Kier alpha value is -1.75. The number of hydrogen-bond acceptors (Lipinski definition) is 4. The Morgan fingerprint density at radius 2 is 2.16 bits per heavy atom. The summed E-state index contributed by atoms with van der Waals surface area (Å²) in [7, 11) is 1.57. The molecule has 0 amide bonds. The molecule has 2 rings (SSSR count). The van der Waals surface area contributed by atoms with Gasteiger partial charge in [-0.15, -0.1) is 0 Å². The Kier molecular flexibility index (Phi) is 3.95. The van der Waals surface area contributed by atoms with Crippen molar-refractivity contribution in [1.82, 2.24) is 0 Å². The maximum absolute atomic E-state index is 11.5. The monoisotopic (exact) mass is 265 g/mol. The number of nitrogens with one attached hydrogen (secondary N) is 1. The van der Waals surface area contributed by atoms with Crippen LogP contribution in [0.15, 0.2) is 24.3 Å². The van der Waals surface area contributed by atoms with Crippen molar-refractivity contribution in [1.29, 1.82) is 0 Å². The number of carboxylic acid groups (broad SMARTS) is 1. The summed E-state index contributed by atoms with van der Waals surface area (Å²) >= 11 is 0. The fourth-order valence-electron chi connectivity index (χ4n) is 2.41. The van der Waals surface area contributed by atoms with Crippen molar-refractivity contribution in [2.45, 2.75) is 31.4 Å². The molecule has 104 valence electrons. The molecule has 0 aromatic heterocycles. The lowest BCUT2D eigenvalue weighted by atomic mass is 9.74. The molecule has 0 aliphatic heterocycles. The smallest absolute Gasteiger partial charge is 0.329 e. The molecule has 1 aromatic rings. The van der Waals surface area contributed by atoms with E-state index in [-0.39, 0.29) is 6.10 Å². The van der Waals surface area contributed by atoms with Crippen molar-refractivity contribution in [2.75, 3.05) is 19.0 Å². The Morgan fingerprint density at radius 1 is 1.47 bits per heavy atom. The van der Waals surface area contributed by atoms with Crippen LogP contribution in [0.3, 0.4) is 0 Å². The van der Waals surface area contributed by atoms with Crippen LogP contribution in [0, 0.1) is 0 Å². The number of benzene rings is 1. The van der Waals surface area contributed by atoms with Crippen LogP contribution in [0.4, 0.5) is 5.69 Å². The van der Waals surface area contributed by atoms with Crippen LogP contribution in [0.5, 0.6) is 5.75 Å². The Balaban J connectivity index is 2.13. The number of anilines is 1. The highest BCUT2D eigenvalue weighted by molar-refractivity contribution is 5.85. The van der Waals surface area contributed by atoms with Gasteiger partial charge in [-0.1, -0.05) is 12.1 Å². The molecule has 0 saturated heterocycles. The number of ether oxygens (including phenoxy) is 2. The van der Waals surface area contributed by atoms with Crippen molar-refractivity contribution < 1.29 is 19.4 Å². The van der Waals surface area contributed by atoms with Crippen LogP contribution >= 0.6 is 0 Å². The van der Waals surface area contributed by atoms with Gasteiger partial charge in [-0.05, 0) is 19.1 Å². The van der Waals surface area contributed by atoms with Gasteiger partial charge in [-0.3, -0.25) is 0 Å². The van der Waals surface area contributed by atoms with Gasteiger partial charge >= 0.3 is 5.97 Å². The number of carboxylic acids is 1. The van der Waals surface area contributed by atoms with Crippen molar-refractivity contribution in [3.63, 3.8) is 0 Å². The molecular weight excluding hydrogens is 246 g/mol. The van der Waals surface area contributed by atoms with Gasteiger partial charge in [0.25, 0.3) is 0 Å². The summed E-state index contributed by atoms with van der Waals surface area (Å²) in [6.45, 7) is 2.52. The SMILES string of the molecule is CCOC1CC(Nc2ccccc2OC)(C(=O)O)C1. The van der Waals surface area contributed by atoms with Gasteiger partial charge in [0.15, 0.2) is 0 Å². The summed E-state index contributed by atoms with van der Waals surface area (Å²) in [5.74, 6) is -0.211. The summed E-state index contributed by atoms with van der Waals surface area (Å²) < 4.78 is 10.7. The largest absolute Gasteiger partial charge is 0.495 e.